The molecule has 0 aliphatic carbocycles. The molecule has 3 rings (SSSR count). The number of nitrogens with zero attached hydrogens (tertiary/aromatic N) is 4. The van der Waals surface area contributed by atoms with E-state index in [2.05, 4.69) is 12.0 Å². The topological polar surface area (TPSA) is 67.7 Å². The molecule has 0 N–H and O–H groups in total. The van der Waals surface area contributed by atoms with Crippen LogP contribution in [0, 0.1) is 0 Å². The Morgan fingerprint density at radius 1 is 1.21 bits per heavy atom. The van der Waals surface area contributed by atoms with Crippen molar-refractivity contribution in [2.24, 2.45) is 7.05 Å². The fourth-order valence-electron chi connectivity index (χ4n) is 3.43. The molecule has 2 fully saturated rings. The van der Waals surface area contributed by atoms with Crippen LogP contribution in [-0.4, -0.2) is 63.7 Å². The van der Waals surface area contributed by atoms with E-state index in [0.29, 0.717) is 11.6 Å². The highest BCUT2D eigenvalue weighted by atomic mass is 16.5. The largest absolute Gasteiger partial charge is 0.468 e. The number of hydrogen-bond donors (Lipinski definition) is 0. The van der Waals surface area contributed by atoms with Crippen molar-refractivity contribution in [2.45, 2.75) is 45.1 Å². The Kier molecular flexibility index (Phi) is 5.06. The number of carbonyl (C=O) groups excluding carboxylic acids is 2. The van der Waals surface area contributed by atoms with E-state index in [1.165, 1.54) is 11.1 Å². The summed E-state index contributed by atoms with van der Waals surface area (Å²) < 4.78 is 7.12. The van der Waals surface area contributed by atoms with E-state index in [9.17, 15) is 9.59 Å². The summed E-state index contributed by atoms with van der Waals surface area (Å²) in [5.41, 5.74) is 0.384. The molecule has 0 spiro atoms. The summed E-state index contributed by atoms with van der Waals surface area (Å²) in [5.74, 6) is 0.389. The van der Waals surface area contributed by atoms with Crippen molar-refractivity contribution in [3.63, 3.8) is 0 Å². The number of amides is 2. The third-order valence-corrected chi connectivity index (χ3v) is 4.92. The maximum atomic E-state index is 12.6. The molecule has 2 aliphatic heterocycles. The Labute approximate surface area is 142 Å². The second-order valence-corrected chi connectivity index (χ2v) is 6.71. The summed E-state index contributed by atoms with van der Waals surface area (Å²) >= 11 is 0. The second kappa shape index (κ2) is 7.23. The number of piperidine rings is 1. The van der Waals surface area contributed by atoms with E-state index in [1.807, 2.05) is 9.80 Å². The smallest absolute Gasteiger partial charge is 0.274 e. The summed E-state index contributed by atoms with van der Waals surface area (Å²) in [7, 11) is 1.73. The molecule has 3 heterocycles. The molecular weight excluding hydrogens is 308 g/mol. The summed E-state index contributed by atoms with van der Waals surface area (Å²) in [6.07, 6.45) is 5.36. The molecule has 0 bridgehead atoms. The van der Waals surface area contributed by atoms with E-state index in [-0.39, 0.29) is 24.5 Å². The number of aromatic nitrogens is 2. The molecule has 1 unspecified atom stereocenters. The van der Waals surface area contributed by atoms with Crippen molar-refractivity contribution in [3.05, 3.63) is 11.8 Å². The summed E-state index contributed by atoms with van der Waals surface area (Å²) in [5, 5.41) is 4.27. The summed E-state index contributed by atoms with van der Waals surface area (Å²) in [4.78, 5) is 28.4. The molecule has 2 amide bonds. The monoisotopic (exact) mass is 334 g/mol. The van der Waals surface area contributed by atoms with Crippen molar-refractivity contribution < 1.29 is 14.3 Å². The molecule has 0 radical (unpaired) electrons. The molecule has 0 aromatic carbocycles. The zero-order chi connectivity index (χ0) is 17.1. The SMILES string of the molecule is CC1CCCCN1C(=O)c1cc(OCC(=O)N2CCCC2)n(C)n1. The fourth-order valence-corrected chi connectivity index (χ4v) is 3.43. The maximum Gasteiger partial charge on any atom is 0.274 e. The van der Waals surface area contributed by atoms with E-state index in [1.54, 1.807) is 13.1 Å². The third-order valence-electron chi connectivity index (χ3n) is 4.92. The van der Waals surface area contributed by atoms with Gasteiger partial charge >= 0.3 is 0 Å². The lowest BCUT2D eigenvalue weighted by Crippen LogP contribution is -2.42. The molecule has 24 heavy (non-hydrogen) atoms. The zero-order valence-electron chi connectivity index (χ0n) is 14.5. The van der Waals surface area contributed by atoms with Gasteiger partial charge in [0.1, 0.15) is 0 Å². The van der Waals surface area contributed by atoms with Crippen LogP contribution in [0.1, 0.15) is 49.5 Å². The Morgan fingerprint density at radius 3 is 2.62 bits per heavy atom. The van der Waals surface area contributed by atoms with E-state index in [0.717, 1.165) is 45.3 Å². The van der Waals surface area contributed by atoms with Gasteiger partial charge in [-0.1, -0.05) is 0 Å². The number of aryl methyl sites for hydroxylation is 1. The number of rotatable bonds is 4. The van der Waals surface area contributed by atoms with Crippen molar-refractivity contribution in [3.8, 4) is 5.88 Å². The van der Waals surface area contributed by atoms with Crippen LogP contribution < -0.4 is 4.74 Å². The van der Waals surface area contributed by atoms with Gasteiger partial charge in [-0.05, 0) is 39.0 Å². The predicted octanol–water partition coefficient (Wildman–Crippen LogP) is 1.44. The first kappa shape index (κ1) is 16.8. The second-order valence-electron chi connectivity index (χ2n) is 6.71. The number of ether oxygens (including phenoxy) is 1. The van der Waals surface area contributed by atoms with Crippen molar-refractivity contribution in [2.75, 3.05) is 26.2 Å². The molecule has 1 aromatic rings. The van der Waals surface area contributed by atoms with Gasteiger partial charge in [-0.25, -0.2) is 4.68 Å². The molecule has 0 saturated carbocycles. The van der Waals surface area contributed by atoms with Gasteiger partial charge < -0.3 is 14.5 Å². The first-order valence-electron chi connectivity index (χ1n) is 8.82. The predicted molar refractivity (Wildman–Crippen MR) is 88.9 cm³/mol. The zero-order valence-corrected chi connectivity index (χ0v) is 14.5. The molecule has 132 valence electrons. The van der Waals surface area contributed by atoms with E-state index >= 15 is 0 Å². The number of likely N-dealkylation sites (tertiary alicyclic amines) is 2. The Bertz CT molecular complexity index is 607. The lowest BCUT2D eigenvalue weighted by molar-refractivity contribution is -0.132. The average Bonchev–Trinajstić information content (AvgIpc) is 3.22. The Hall–Kier alpha value is -2.05. The Balaban J connectivity index is 1.61. The van der Waals surface area contributed by atoms with Gasteiger partial charge in [-0.2, -0.15) is 5.10 Å². The molecule has 2 aliphatic rings. The number of carbonyl (C=O) groups is 2. The van der Waals surface area contributed by atoms with Crippen molar-refractivity contribution >= 4 is 11.8 Å². The highest BCUT2D eigenvalue weighted by molar-refractivity contribution is 5.93. The highest BCUT2D eigenvalue weighted by Gasteiger charge is 2.27. The van der Waals surface area contributed by atoms with Gasteiger partial charge in [0.05, 0.1) is 0 Å². The molecule has 7 nitrogen and oxygen atoms in total. The van der Waals surface area contributed by atoms with Crippen LogP contribution in [0.3, 0.4) is 0 Å². The van der Waals surface area contributed by atoms with Crippen LogP contribution in [0.15, 0.2) is 6.07 Å². The van der Waals surface area contributed by atoms with Crippen molar-refractivity contribution in [1.82, 2.24) is 19.6 Å². The maximum absolute atomic E-state index is 12.6. The Morgan fingerprint density at radius 2 is 1.92 bits per heavy atom. The van der Waals surface area contributed by atoms with Gasteiger partial charge in [0.15, 0.2) is 12.3 Å². The summed E-state index contributed by atoms with van der Waals surface area (Å²) in [6.45, 7) is 4.47. The third kappa shape index (κ3) is 3.55. The van der Waals surface area contributed by atoms with Crippen LogP contribution in [0.4, 0.5) is 0 Å². The van der Waals surface area contributed by atoms with Gasteiger partial charge in [0, 0.05) is 38.8 Å². The lowest BCUT2D eigenvalue weighted by Gasteiger charge is -2.32. The minimum atomic E-state index is -0.0569. The molecular formula is C17H26N4O3. The van der Waals surface area contributed by atoms with Gasteiger partial charge in [0.2, 0.25) is 5.88 Å². The minimum Gasteiger partial charge on any atom is -0.468 e. The van der Waals surface area contributed by atoms with Gasteiger partial charge in [-0.3, -0.25) is 9.59 Å². The number of hydrogen-bond acceptors (Lipinski definition) is 4. The first-order valence-corrected chi connectivity index (χ1v) is 8.82. The fraction of sp³-hybridized carbons (Fsp3) is 0.706. The van der Waals surface area contributed by atoms with Crippen molar-refractivity contribution in [1.29, 1.82) is 0 Å². The van der Waals surface area contributed by atoms with Crippen LogP contribution in [0.25, 0.3) is 0 Å². The van der Waals surface area contributed by atoms with E-state index < -0.39 is 0 Å². The average molecular weight is 334 g/mol. The first-order chi connectivity index (χ1) is 11.6. The van der Waals surface area contributed by atoms with E-state index in [4.69, 9.17) is 4.74 Å². The standard InChI is InChI=1S/C17H26N4O3/c1-13-7-3-4-10-21(13)17(23)14-11-16(19(2)18-14)24-12-15(22)20-8-5-6-9-20/h11,13H,3-10,12H2,1-2H3. The quantitative estimate of drug-likeness (QED) is 0.835. The molecule has 2 saturated heterocycles. The molecule has 1 aromatic heterocycles. The van der Waals surface area contributed by atoms with Gasteiger partial charge in [0.25, 0.3) is 11.8 Å². The molecule has 7 heteroatoms. The minimum absolute atomic E-state index is 0.00667. The highest BCUT2D eigenvalue weighted by Crippen LogP contribution is 2.21. The molecule has 1 atom stereocenters. The van der Waals surface area contributed by atoms with Crippen LogP contribution >= 0.6 is 0 Å². The van der Waals surface area contributed by atoms with Gasteiger partial charge in [-0.15, -0.1) is 0 Å². The van der Waals surface area contributed by atoms with Crippen LogP contribution in [0.2, 0.25) is 0 Å². The van der Waals surface area contributed by atoms with Crippen LogP contribution in [-0.2, 0) is 11.8 Å². The summed E-state index contributed by atoms with van der Waals surface area (Å²) in [6, 6.07) is 1.88. The lowest BCUT2D eigenvalue weighted by atomic mass is 10.0. The van der Waals surface area contributed by atoms with Crippen LogP contribution in [0.5, 0.6) is 5.88 Å². The normalized spacial score (nSPS) is 21.2.